The normalized spacial score (nSPS) is 22.9. The number of nitrogens with zero attached hydrogens (tertiary/aromatic N) is 4. The van der Waals surface area contributed by atoms with Gasteiger partial charge in [-0.1, -0.05) is 43.5 Å². The molecule has 0 radical (unpaired) electrons. The summed E-state index contributed by atoms with van der Waals surface area (Å²) in [5.74, 6) is -0.613. The predicted molar refractivity (Wildman–Crippen MR) is 165 cm³/mol. The maximum Gasteiger partial charge on any atom is 0.321 e. The molecule has 2 heterocycles. The van der Waals surface area contributed by atoms with Crippen LogP contribution in [0.15, 0.2) is 48.5 Å². The minimum Gasteiger partial charge on any atom is -0.480 e. The molecule has 0 spiro atoms. The number of nitrogens with one attached hydrogen (secondary N) is 1. The molecule has 10 nitrogen and oxygen atoms in total. The number of aliphatic carboxylic acids is 1. The van der Waals surface area contributed by atoms with E-state index in [-0.39, 0.29) is 47.9 Å². The van der Waals surface area contributed by atoms with Crippen molar-refractivity contribution in [1.82, 2.24) is 20.0 Å². The van der Waals surface area contributed by atoms with Crippen LogP contribution in [0.4, 0.5) is 14.9 Å². The second-order valence-electron chi connectivity index (χ2n) is 12.8. The number of carbonyl (C=O) groups is 2. The number of halogens is 1. The van der Waals surface area contributed by atoms with Gasteiger partial charge in [-0.3, -0.25) is 19.8 Å². The molecule has 0 unspecified atom stereocenters. The molecule has 0 bridgehead atoms. The zero-order valence-electron chi connectivity index (χ0n) is 25.4. The van der Waals surface area contributed by atoms with Crippen LogP contribution in [-0.4, -0.2) is 88.6 Å². The minimum atomic E-state index is -0.744. The average Bonchev–Trinajstić information content (AvgIpc) is 3.43. The van der Waals surface area contributed by atoms with Gasteiger partial charge in [0.2, 0.25) is 0 Å². The number of urea groups is 1. The molecule has 2 N–H and O–H groups in total. The number of amides is 2. The van der Waals surface area contributed by atoms with Gasteiger partial charge in [0, 0.05) is 70.4 Å². The lowest BCUT2D eigenvalue weighted by molar-refractivity contribution is -0.384. The Morgan fingerprint density at radius 1 is 1.07 bits per heavy atom. The molecule has 11 heteroatoms. The van der Waals surface area contributed by atoms with Crippen LogP contribution < -0.4 is 5.32 Å². The van der Waals surface area contributed by atoms with Gasteiger partial charge in [-0.2, -0.15) is 0 Å². The summed E-state index contributed by atoms with van der Waals surface area (Å²) < 4.78 is 14.3. The largest absolute Gasteiger partial charge is 0.480 e. The lowest BCUT2D eigenvalue weighted by Gasteiger charge is -2.38. The third kappa shape index (κ3) is 7.74. The Bertz CT molecular complexity index is 1300. The van der Waals surface area contributed by atoms with Crippen LogP contribution in [-0.2, 0) is 11.3 Å². The molecule has 2 aliphatic heterocycles. The van der Waals surface area contributed by atoms with Crippen LogP contribution in [0.3, 0.4) is 0 Å². The number of rotatable bonds is 10. The van der Waals surface area contributed by atoms with E-state index in [2.05, 4.69) is 15.1 Å². The van der Waals surface area contributed by atoms with E-state index in [1.807, 2.05) is 6.07 Å². The van der Waals surface area contributed by atoms with Gasteiger partial charge in [0.1, 0.15) is 11.9 Å². The number of nitro groups is 1. The van der Waals surface area contributed by atoms with Gasteiger partial charge < -0.3 is 20.2 Å². The van der Waals surface area contributed by atoms with E-state index in [0.717, 1.165) is 69.3 Å². The molecule has 238 valence electrons. The lowest BCUT2D eigenvalue weighted by atomic mass is 9.83. The van der Waals surface area contributed by atoms with Crippen molar-refractivity contribution in [2.45, 2.75) is 69.5 Å². The summed E-state index contributed by atoms with van der Waals surface area (Å²) in [6.07, 6.45) is 6.88. The first-order chi connectivity index (χ1) is 21.2. The Labute approximate surface area is 258 Å². The number of benzene rings is 2. The number of hydrogen-bond acceptors (Lipinski definition) is 6. The van der Waals surface area contributed by atoms with Gasteiger partial charge in [-0.15, -0.1) is 0 Å². The van der Waals surface area contributed by atoms with Crippen molar-refractivity contribution in [1.29, 1.82) is 0 Å². The van der Waals surface area contributed by atoms with Gasteiger partial charge in [-0.05, 0) is 60.8 Å². The van der Waals surface area contributed by atoms with Crippen LogP contribution in [0.5, 0.6) is 0 Å². The van der Waals surface area contributed by atoms with Crippen molar-refractivity contribution < 1.29 is 24.0 Å². The molecular weight excluding hydrogens is 565 g/mol. The second-order valence-corrected chi connectivity index (χ2v) is 12.8. The zero-order chi connectivity index (χ0) is 31.2. The summed E-state index contributed by atoms with van der Waals surface area (Å²) in [6.45, 7) is 4.04. The Kier molecular flexibility index (Phi) is 10.5. The monoisotopic (exact) mass is 609 g/mol. The van der Waals surface area contributed by atoms with Gasteiger partial charge in [-0.25, -0.2) is 9.18 Å². The van der Waals surface area contributed by atoms with Crippen LogP contribution in [0.1, 0.15) is 62.0 Å². The number of likely N-dealkylation sites (tertiary alicyclic amines) is 2. The molecular formula is C33H44FN5O5. The Morgan fingerprint density at radius 2 is 1.77 bits per heavy atom. The molecule has 2 saturated heterocycles. The maximum absolute atomic E-state index is 14.3. The molecule has 3 aliphatic rings. The summed E-state index contributed by atoms with van der Waals surface area (Å²) in [5.41, 5.74) is 1.74. The van der Waals surface area contributed by atoms with E-state index in [9.17, 15) is 29.2 Å². The molecule has 3 atom stereocenters. The summed E-state index contributed by atoms with van der Waals surface area (Å²) in [6, 6.07) is 12.3. The first-order valence-electron chi connectivity index (χ1n) is 15.9. The smallest absolute Gasteiger partial charge is 0.321 e. The molecule has 2 aromatic rings. The number of carboxylic acids is 1. The highest BCUT2D eigenvalue weighted by atomic mass is 19.1. The topological polar surface area (TPSA) is 119 Å². The number of nitro benzene ring substituents is 1. The molecule has 44 heavy (non-hydrogen) atoms. The van der Waals surface area contributed by atoms with Crippen LogP contribution >= 0.6 is 0 Å². The van der Waals surface area contributed by atoms with Crippen LogP contribution in [0, 0.1) is 27.8 Å². The number of hydrogen-bond donors (Lipinski definition) is 2. The first-order valence-corrected chi connectivity index (χ1v) is 15.9. The van der Waals surface area contributed by atoms with Crippen molar-refractivity contribution in [3.05, 3.63) is 75.6 Å². The van der Waals surface area contributed by atoms with Gasteiger partial charge >= 0.3 is 12.0 Å². The Balaban J connectivity index is 1.17. The minimum absolute atomic E-state index is 0.0162. The molecule has 1 saturated carbocycles. The third-order valence-corrected chi connectivity index (χ3v) is 10.00. The van der Waals surface area contributed by atoms with Crippen molar-refractivity contribution in [3.8, 4) is 0 Å². The maximum atomic E-state index is 14.3. The van der Waals surface area contributed by atoms with E-state index >= 15 is 0 Å². The van der Waals surface area contributed by atoms with Crippen LogP contribution in [0.2, 0.25) is 0 Å². The summed E-state index contributed by atoms with van der Waals surface area (Å²) in [4.78, 5) is 42.1. The molecule has 1 aliphatic carbocycles. The SMILES string of the molecule is CN(C(=O)NCc1ccc([N+](=O)[O-])cc1)C1CCN(C[C@H]2CN([C@@H](C(=O)O)C3CCCCC3)C[C@@H]2c2cccc(F)c2)CC1. The van der Waals surface area contributed by atoms with E-state index < -0.39 is 16.9 Å². The highest BCUT2D eigenvalue weighted by molar-refractivity contribution is 5.74. The zero-order valence-corrected chi connectivity index (χ0v) is 25.4. The predicted octanol–water partition coefficient (Wildman–Crippen LogP) is 5.09. The van der Waals surface area contributed by atoms with Crippen molar-refractivity contribution in [2.75, 3.05) is 39.8 Å². The molecule has 0 aromatic heterocycles. The van der Waals surface area contributed by atoms with Crippen LogP contribution in [0.25, 0.3) is 0 Å². The van der Waals surface area contributed by atoms with Gasteiger partial charge in [0.25, 0.3) is 5.69 Å². The fraction of sp³-hybridized carbons (Fsp3) is 0.576. The number of carboxylic acid groups (broad SMARTS) is 1. The number of piperidine rings is 1. The Hall–Kier alpha value is -3.57. The molecule has 2 amide bonds. The second kappa shape index (κ2) is 14.5. The number of non-ortho nitro benzene ring substituents is 1. The fourth-order valence-corrected chi connectivity index (χ4v) is 7.56. The van der Waals surface area contributed by atoms with Gasteiger partial charge in [0.05, 0.1) is 4.92 Å². The highest BCUT2D eigenvalue weighted by Gasteiger charge is 2.43. The lowest BCUT2D eigenvalue weighted by Crippen LogP contribution is -2.49. The number of carbonyl (C=O) groups excluding carboxylic acids is 1. The standard InChI is InChI=1S/C33H44FN5O5/c1-36(33(42)35-19-23-10-12-29(13-11-23)39(43)44)28-14-16-37(17-15-28)20-26-21-38(22-30(26)25-8-5-9-27(34)18-25)31(32(40)41)24-6-3-2-4-7-24/h5,8-13,18,24,26,28,30-31H,2-4,6-7,14-17,19-22H2,1H3,(H,35,42)(H,40,41)/t26-,30+,31+/m0/s1. The van der Waals surface area contributed by atoms with E-state index in [1.165, 1.54) is 24.6 Å². The van der Waals surface area contributed by atoms with E-state index in [4.69, 9.17) is 0 Å². The van der Waals surface area contributed by atoms with Crippen molar-refractivity contribution >= 4 is 17.7 Å². The fourth-order valence-electron chi connectivity index (χ4n) is 7.56. The highest BCUT2D eigenvalue weighted by Crippen LogP contribution is 2.39. The Morgan fingerprint density at radius 3 is 2.41 bits per heavy atom. The molecule has 5 rings (SSSR count). The first kappa shape index (κ1) is 31.8. The molecule has 2 aromatic carbocycles. The summed E-state index contributed by atoms with van der Waals surface area (Å²) >= 11 is 0. The quantitative estimate of drug-likeness (QED) is 0.285. The van der Waals surface area contributed by atoms with Crippen molar-refractivity contribution in [3.63, 3.8) is 0 Å². The average molecular weight is 610 g/mol. The van der Waals surface area contributed by atoms with Gasteiger partial charge in [0.15, 0.2) is 0 Å². The summed E-state index contributed by atoms with van der Waals surface area (Å²) in [7, 11) is 1.80. The van der Waals surface area contributed by atoms with Crippen molar-refractivity contribution in [2.24, 2.45) is 11.8 Å². The van der Waals surface area contributed by atoms with E-state index in [0.29, 0.717) is 13.1 Å². The molecule has 3 fully saturated rings. The summed E-state index contributed by atoms with van der Waals surface area (Å²) in [5, 5.41) is 24.1. The third-order valence-electron chi connectivity index (χ3n) is 10.00. The van der Waals surface area contributed by atoms with E-state index in [1.54, 1.807) is 36.2 Å².